The fourth-order valence-corrected chi connectivity index (χ4v) is 2.63. The third-order valence-electron chi connectivity index (χ3n) is 4.03. The fraction of sp³-hybridized carbons (Fsp3) is 0.353. The predicted octanol–water partition coefficient (Wildman–Crippen LogP) is 2.31. The van der Waals surface area contributed by atoms with Crippen LogP contribution in [0, 0.1) is 0 Å². The summed E-state index contributed by atoms with van der Waals surface area (Å²) in [5.74, 6) is 0.398. The summed E-state index contributed by atoms with van der Waals surface area (Å²) in [4.78, 5) is 14.8. The Morgan fingerprint density at radius 3 is 2.87 bits per heavy atom. The Hall–Kier alpha value is -2.21. The molecule has 0 saturated carbocycles. The maximum absolute atomic E-state index is 11.7. The SMILES string of the molecule is C=C1OB(c2ccc3c(CC(=O)OCC)c[nH]c3c2)OC1(C)C. The third-order valence-corrected chi connectivity index (χ3v) is 4.03. The molecule has 0 spiro atoms. The summed E-state index contributed by atoms with van der Waals surface area (Å²) < 4.78 is 16.6. The number of nitrogens with one attached hydrogen (secondary N) is 1. The summed E-state index contributed by atoms with van der Waals surface area (Å²) in [6, 6.07) is 5.89. The molecule has 23 heavy (non-hydrogen) atoms. The van der Waals surface area contributed by atoms with E-state index in [1.54, 1.807) is 6.92 Å². The minimum Gasteiger partial charge on any atom is -0.534 e. The molecular formula is C17H20BNO4. The number of carbonyl (C=O) groups excluding carboxylic acids is 1. The molecule has 0 aliphatic carbocycles. The molecule has 2 heterocycles. The maximum Gasteiger partial charge on any atom is 0.563 e. The van der Waals surface area contributed by atoms with Gasteiger partial charge in [-0.05, 0) is 37.9 Å². The highest BCUT2D eigenvalue weighted by Crippen LogP contribution is 2.29. The molecule has 1 fully saturated rings. The Morgan fingerprint density at radius 2 is 2.22 bits per heavy atom. The molecule has 0 radical (unpaired) electrons. The van der Waals surface area contributed by atoms with Crippen LogP contribution in [0.2, 0.25) is 0 Å². The summed E-state index contributed by atoms with van der Waals surface area (Å²) in [5.41, 5.74) is 2.27. The van der Waals surface area contributed by atoms with E-state index in [-0.39, 0.29) is 12.4 Å². The van der Waals surface area contributed by atoms with Gasteiger partial charge < -0.3 is 19.0 Å². The molecule has 2 aromatic rings. The van der Waals surface area contributed by atoms with Crippen molar-refractivity contribution < 1.29 is 18.8 Å². The summed E-state index contributed by atoms with van der Waals surface area (Å²) in [5, 5.41) is 0.998. The lowest BCUT2D eigenvalue weighted by Crippen LogP contribution is -2.34. The van der Waals surface area contributed by atoms with Gasteiger partial charge in [-0.2, -0.15) is 0 Å². The van der Waals surface area contributed by atoms with E-state index in [2.05, 4.69) is 11.6 Å². The van der Waals surface area contributed by atoms with Crippen LogP contribution in [0.3, 0.4) is 0 Å². The smallest absolute Gasteiger partial charge is 0.534 e. The van der Waals surface area contributed by atoms with Gasteiger partial charge in [0.1, 0.15) is 5.60 Å². The van der Waals surface area contributed by atoms with Crippen molar-refractivity contribution in [1.82, 2.24) is 4.98 Å². The quantitative estimate of drug-likeness (QED) is 0.695. The highest BCUT2D eigenvalue weighted by molar-refractivity contribution is 6.62. The average molecular weight is 313 g/mol. The van der Waals surface area contributed by atoms with Crippen LogP contribution in [-0.4, -0.2) is 30.3 Å². The molecule has 6 heteroatoms. The molecule has 0 unspecified atom stereocenters. The summed E-state index contributed by atoms with van der Waals surface area (Å²) in [6.45, 7) is 9.95. The number of hydrogen-bond acceptors (Lipinski definition) is 4. The van der Waals surface area contributed by atoms with Crippen molar-refractivity contribution in [3.63, 3.8) is 0 Å². The third kappa shape index (κ3) is 2.99. The Morgan fingerprint density at radius 1 is 1.43 bits per heavy atom. The number of benzene rings is 1. The lowest BCUT2D eigenvalue weighted by molar-refractivity contribution is -0.142. The zero-order valence-electron chi connectivity index (χ0n) is 13.6. The molecule has 1 aliphatic heterocycles. The molecule has 1 saturated heterocycles. The minimum absolute atomic E-state index is 0.224. The van der Waals surface area contributed by atoms with Gasteiger partial charge in [-0.3, -0.25) is 4.79 Å². The number of aromatic nitrogens is 1. The van der Waals surface area contributed by atoms with E-state index in [1.807, 2.05) is 38.2 Å². The number of ether oxygens (including phenoxy) is 1. The molecule has 3 rings (SSSR count). The first-order chi connectivity index (χ1) is 10.9. The van der Waals surface area contributed by atoms with Crippen molar-refractivity contribution in [2.45, 2.75) is 32.8 Å². The Bertz CT molecular complexity index is 765. The van der Waals surface area contributed by atoms with Crippen molar-refractivity contribution in [3.8, 4) is 0 Å². The zero-order chi connectivity index (χ0) is 16.6. The fourth-order valence-electron chi connectivity index (χ4n) is 2.63. The first-order valence-corrected chi connectivity index (χ1v) is 7.70. The number of aromatic amines is 1. The van der Waals surface area contributed by atoms with Crippen LogP contribution in [0.1, 0.15) is 26.3 Å². The Kier molecular flexibility index (Phi) is 3.94. The highest BCUT2D eigenvalue weighted by atomic mass is 16.7. The van der Waals surface area contributed by atoms with Gasteiger partial charge in [0.15, 0.2) is 0 Å². The van der Waals surface area contributed by atoms with Gasteiger partial charge >= 0.3 is 13.1 Å². The standard InChI is InChI=1S/C17H20BNO4/c1-5-21-16(20)8-12-10-19-15-9-13(6-7-14(12)15)18-22-11(2)17(3,4)23-18/h6-7,9-10,19H,2,5,8H2,1,3-4H3. The molecule has 0 atom stereocenters. The molecule has 120 valence electrons. The van der Waals surface area contributed by atoms with Crippen LogP contribution >= 0.6 is 0 Å². The molecule has 1 aromatic heterocycles. The van der Waals surface area contributed by atoms with Crippen LogP contribution < -0.4 is 5.46 Å². The normalized spacial score (nSPS) is 16.7. The van der Waals surface area contributed by atoms with Crippen LogP contribution in [0.4, 0.5) is 0 Å². The molecule has 1 aliphatic rings. The molecule has 5 nitrogen and oxygen atoms in total. The number of esters is 1. The molecule has 1 N–H and O–H groups in total. The van der Waals surface area contributed by atoms with Crippen LogP contribution in [-0.2, 0) is 25.3 Å². The summed E-state index contributed by atoms with van der Waals surface area (Å²) in [7, 11) is -0.460. The zero-order valence-corrected chi connectivity index (χ0v) is 13.6. The first-order valence-electron chi connectivity index (χ1n) is 7.70. The Balaban J connectivity index is 1.84. The van der Waals surface area contributed by atoms with Gasteiger partial charge in [0.25, 0.3) is 0 Å². The maximum atomic E-state index is 11.7. The Labute approximate surface area is 135 Å². The average Bonchev–Trinajstić information content (AvgIpc) is 3.00. The number of fused-ring (bicyclic) bond motifs is 1. The van der Waals surface area contributed by atoms with Crippen molar-refractivity contribution >= 4 is 29.5 Å². The van der Waals surface area contributed by atoms with E-state index in [0.29, 0.717) is 12.4 Å². The van der Waals surface area contributed by atoms with E-state index >= 15 is 0 Å². The molecular weight excluding hydrogens is 293 g/mol. The van der Waals surface area contributed by atoms with E-state index in [0.717, 1.165) is 21.9 Å². The van der Waals surface area contributed by atoms with Crippen molar-refractivity contribution in [3.05, 3.63) is 42.3 Å². The van der Waals surface area contributed by atoms with Crippen LogP contribution in [0.15, 0.2) is 36.7 Å². The van der Waals surface area contributed by atoms with Gasteiger partial charge in [-0.1, -0.05) is 18.7 Å². The summed E-state index contributed by atoms with van der Waals surface area (Å²) in [6.07, 6.45) is 2.10. The van der Waals surface area contributed by atoms with Gasteiger partial charge in [-0.25, -0.2) is 0 Å². The van der Waals surface area contributed by atoms with E-state index < -0.39 is 12.7 Å². The van der Waals surface area contributed by atoms with E-state index in [4.69, 9.17) is 14.0 Å². The van der Waals surface area contributed by atoms with E-state index in [1.165, 1.54) is 0 Å². The van der Waals surface area contributed by atoms with Crippen LogP contribution in [0.5, 0.6) is 0 Å². The summed E-state index contributed by atoms with van der Waals surface area (Å²) >= 11 is 0. The molecule has 0 amide bonds. The monoisotopic (exact) mass is 313 g/mol. The van der Waals surface area contributed by atoms with E-state index in [9.17, 15) is 4.79 Å². The number of H-pyrrole nitrogens is 1. The lowest BCUT2D eigenvalue weighted by Gasteiger charge is -2.15. The lowest BCUT2D eigenvalue weighted by atomic mass is 9.79. The van der Waals surface area contributed by atoms with Gasteiger partial charge in [-0.15, -0.1) is 0 Å². The highest BCUT2D eigenvalue weighted by Gasteiger charge is 2.42. The van der Waals surface area contributed by atoms with Crippen LogP contribution in [0.25, 0.3) is 10.9 Å². The minimum atomic E-state index is -0.496. The molecule has 0 bridgehead atoms. The predicted molar refractivity (Wildman–Crippen MR) is 89.4 cm³/mol. The molecule has 1 aromatic carbocycles. The van der Waals surface area contributed by atoms with Gasteiger partial charge in [0, 0.05) is 17.1 Å². The van der Waals surface area contributed by atoms with Gasteiger partial charge in [0.2, 0.25) is 0 Å². The number of carbonyl (C=O) groups is 1. The van der Waals surface area contributed by atoms with Crippen molar-refractivity contribution in [2.24, 2.45) is 0 Å². The van der Waals surface area contributed by atoms with Crippen molar-refractivity contribution in [1.29, 1.82) is 0 Å². The number of hydrogen-bond donors (Lipinski definition) is 1. The van der Waals surface area contributed by atoms with Crippen molar-refractivity contribution in [2.75, 3.05) is 6.61 Å². The second kappa shape index (κ2) is 5.78. The number of rotatable bonds is 4. The van der Waals surface area contributed by atoms with Gasteiger partial charge in [0.05, 0.1) is 18.8 Å². The first kappa shape index (κ1) is 15.7. The topological polar surface area (TPSA) is 60.5 Å². The second-order valence-electron chi connectivity index (χ2n) is 6.10. The largest absolute Gasteiger partial charge is 0.563 e. The second-order valence-corrected chi connectivity index (χ2v) is 6.10.